The van der Waals surface area contributed by atoms with Crippen LogP contribution >= 0.6 is 12.6 Å². The van der Waals surface area contributed by atoms with Crippen LogP contribution in [0, 0.1) is 0 Å². The molecule has 22 heavy (non-hydrogen) atoms. The molecule has 0 aromatic carbocycles. The molecule has 0 aromatic rings. The van der Waals surface area contributed by atoms with Crippen LogP contribution in [-0.2, 0) is 14.4 Å². The van der Waals surface area contributed by atoms with Gasteiger partial charge in [0.15, 0.2) is 5.96 Å². The Labute approximate surface area is 133 Å². The van der Waals surface area contributed by atoms with Crippen LogP contribution in [0.25, 0.3) is 0 Å². The molecule has 0 heterocycles. The number of carbonyl (C=O) groups is 3. The Morgan fingerprint density at radius 1 is 1.18 bits per heavy atom. The van der Waals surface area contributed by atoms with Crippen LogP contribution in [0.5, 0.6) is 0 Å². The lowest BCUT2D eigenvalue weighted by atomic mass is 10.1. The van der Waals surface area contributed by atoms with Crippen molar-refractivity contribution < 1.29 is 19.5 Å². The molecular formula is C11H22N6O4S. The number of carbonyl (C=O) groups excluding carboxylic acids is 2. The standard InChI is InChI=1S/C11H22N6O4S/c12-4-8(18)16-6(2-1-3-15-11(13)14)9(19)17-7(5-22)10(20)21/h6-7,22H,1-5,12H2,(H,16,18)(H,17,19)(H,20,21)(H4,13,14,15)/t6-,7-/m0/s1. The Morgan fingerprint density at radius 2 is 1.82 bits per heavy atom. The van der Waals surface area contributed by atoms with Gasteiger partial charge in [0.25, 0.3) is 0 Å². The molecule has 0 aliphatic rings. The number of nitrogens with zero attached hydrogens (tertiary/aromatic N) is 1. The van der Waals surface area contributed by atoms with Crippen molar-refractivity contribution in [1.82, 2.24) is 10.6 Å². The summed E-state index contributed by atoms with van der Waals surface area (Å²) in [6.07, 6.45) is 0.646. The van der Waals surface area contributed by atoms with E-state index >= 15 is 0 Å². The second-order valence-corrected chi connectivity index (χ2v) is 4.72. The zero-order valence-corrected chi connectivity index (χ0v) is 12.9. The van der Waals surface area contributed by atoms with Crippen LogP contribution in [0.3, 0.4) is 0 Å². The van der Waals surface area contributed by atoms with Crippen molar-refractivity contribution in [3.8, 4) is 0 Å². The Balaban J connectivity index is 4.68. The number of carboxylic acid groups (broad SMARTS) is 1. The summed E-state index contributed by atoms with van der Waals surface area (Å²) >= 11 is 3.85. The second kappa shape index (κ2) is 10.7. The summed E-state index contributed by atoms with van der Waals surface area (Å²) in [5.41, 5.74) is 15.5. The Morgan fingerprint density at radius 3 is 2.27 bits per heavy atom. The number of rotatable bonds is 10. The molecule has 0 radical (unpaired) electrons. The minimum Gasteiger partial charge on any atom is -0.480 e. The zero-order valence-electron chi connectivity index (χ0n) is 12.0. The van der Waals surface area contributed by atoms with E-state index in [1.54, 1.807) is 0 Å². The van der Waals surface area contributed by atoms with Crippen LogP contribution in [0.2, 0.25) is 0 Å². The maximum atomic E-state index is 12.0. The van der Waals surface area contributed by atoms with Gasteiger partial charge in [-0.05, 0) is 12.8 Å². The van der Waals surface area contributed by atoms with E-state index in [4.69, 9.17) is 22.3 Å². The zero-order chi connectivity index (χ0) is 17.1. The molecule has 10 nitrogen and oxygen atoms in total. The number of hydrogen-bond acceptors (Lipinski definition) is 6. The second-order valence-electron chi connectivity index (χ2n) is 4.36. The molecule has 0 spiro atoms. The molecule has 0 aliphatic heterocycles. The van der Waals surface area contributed by atoms with Crippen molar-refractivity contribution in [1.29, 1.82) is 0 Å². The smallest absolute Gasteiger partial charge is 0.327 e. The number of carboxylic acids is 1. The van der Waals surface area contributed by atoms with Crippen molar-refractivity contribution in [2.45, 2.75) is 24.9 Å². The van der Waals surface area contributed by atoms with Crippen LogP contribution < -0.4 is 27.8 Å². The Hall–Kier alpha value is -2.01. The molecular weight excluding hydrogens is 312 g/mol. The van der Waals surface area contributed by atoms with Gasteiger partial charge in [0.05, 0.1) is 6.54 Å². The van der Waals surface area contributed by atoms with E-state index in [9.17, 15) is 14.4 Å². The predicted octanol–water partition coefficient (Wildman–Crippen LogP) is -3.02. The molecule has 0 aromatic heterocycles. The van der Waals surface area contributed by atoms with Gasteiger partial charge in [0.2, 0.25) is 11.8 Å². The molecule has 0 rings (SSSR count). The number of aliphatic carboxylic acids is 1. The van der Waals surface area contributed by atoms with Gasteiger partial charge in [0.1, 0.15) is 12.1 Å². The van der Waals surface area contributed by atoms with Crippen LogP contribution in [0.1, 0.15) is 12.8 Å². The number of guanidine groups is 1. The number of nitrogens with one attached hydrogen (secondary N) is 2. The topological polar surface area (TPSA) is 186 Å². The Bertz CT molecular complexity index is 427. The van der Waals surface area contributed by atoms with Crippen molar-refractivity contribution in [2.75, 3.05) is 18.8 Å². The van der Waals surface area contributed by atoms with Crippen molar-refractivity contribution in [2.24, 2.45) is 22.2 Å². The molecule has 0 aliphatic carbocycles. The number of aliphatic imine (C=N–C) groups is 1. The maximum absolute atomic E-state index is 12.0. The first-order valence-electron chi connectivity index (χ1n) is 6.50. The van der Waals surface area contributed by atoms with Gasteiger partial charge in [-0.15, -0.1) is 0 Å². The molecule has 0 unspecified atom stereocenters. The van der Waals surface area contributed by atoms with Crippen LogP contribution in [0.15, 0.2) is 4.99 Å². The van der Waals surface area contributed by atoms with Crippen LogP contribution in [-0.4, -0.2) is 59.8 Å². The van der Waals surface area contributed by atoms with E-state index in [-0.39, 0.29) is 31.2 Å². The summed E-state index contributed by atoms with van der Waals surface area (Å²) in [4.78, 5) is 38.0. The van der Waals surface area contributed by atoms with Gasteiger partial charge in [-0.1, -0.05) is 0 Å². The van der Waals surface area contributed by atoms with E-state index in [0.29, 0.717) is 6.42 Å². The minimum absolute atomic E-state index is 0.0759. The van der Waals surface area contributed by atoms with Crippen LogP contribution in [0.4, 0.5) is 0 Å². The molecule has 0 bridgehead atoms. The highest BCUT2D eigenvalue weighted by Crippen LogP contribution is 2.00. The number of nitrogens with two attached hydrogens (primary N) is 3. The molecule has 0 saturated heterocycles. The third-order valence-corrected chi connectivity index (χ3v) is 2.94. The third kappa shape index (κ3) is 8.32. The molecule has 2 amide bonds. The fourth-order valence-electron chi connectivity index (χ4n) is 1.48. The van der Waals surface area contributed by atoms with Crippen molar-refractivity contribution in [3.05, 3.63) is 0 Å². The third-order valence-electron chi connectivity index (χ3n) is 2.58. The summed E-state index contributed by atoms with van der Waals surface area (Å²) < 4.78 is 0. The summed E-state index contributed by atoms with van der Waals surface area (Å²) in [6.45, 7) is -0.00779. The monoisotopic (exact) mass is 334 g/mol. The SMILES string of the molecule is NCC(=O)N[C@@H](CCCN=C(N)N)C(=O)N[C@@H](CS)C(=O)O. The maximum Gasteiger partial charge on any atom is 0.327 e. The highest BCUT2D eigenvalue weighted by molar-refractivity contribution is 7.80. The fourth-order valence-corrected chi connectivity index (χ4v) is 1.73. The van der Waals surface area contributed by atoms with Crippen molar-refractivity contribution in [3.63, 3.8) is 0 Å². The molecule has 9 N–H and O–H groups in total. The first kappa shape index (κ1) is 20.0. The minimum atomic E-state index is -1.22. The summed E-state index contributed by atoms with van der Waals surface area (Å²) in [5.74, 6) is -2.53. The highest BCUT2D eigenvalue weighted by atomic mass is 32.1. The van der Waals surface area contributed by atoms with Gasteiger partial charge >= 0.3 is 5.97 Å². The summed E-state index contributed by atoms with van der Waals surface area (Å²) in [7, 11) is 0. The van der Waals surface area contributed by atoms with E-state index in [0.717, 1.165) is 0 Å². The van der Waals surface area contributed by atoms with Gasteiger partial charge < -0.3 is 32.9 Å². The van der Waals surface area contributed by atoms with Gasteiger partial charge in [-0.2, -0.15) is 12.6 Å². The average molecular weight is 334 g/mol. The first-order chi connectivity index (χ1) is 10.3. The van der Waals surface area contributed by atoms with E-state index in [2.05, 4.69) is 28.3 Å². The summed E-state index contributed by atoms with van der Waals surface area (Å²) in [5, 5.41) is 13.6. The first-order valence-corrected chi connectivity index (χ1v) is 7.13. The lowest BCUT2D eigenvalue weighted by molar-refractivity contribution is -0.141. The Kier molecular flexibility index (Phi) is 9.70. The molecule has 126 valence electrons. The fraction of sp³-hybridized carbons (Fsp3) is 0.636. The van der Waals surface area contributed by atoms with E-state index in [1.165, 1.54) is 0 Å². The number of thiol groups is 1. The van der Waals surface area contributed by atoms with E-state index < -0.39 is 29.9 Å². The lowest BCUT2D eigenvalue weighted by Gasteiger charge is -2.20. The lowest BCUT2D eigenvalue weighted by Crippen LogP contribution is -2.53. The molecule has 11 heteroatoms. The molecule has 0 saturated carbocycles. The largest absolute Gasteiger partial charge is 0.480 e. The predicted molar refractivity (Wildman–Crippen MR) is 84.3 cm³/mol. The molecule has 2 atom stereocenters. The van der Waals surface area contributed by atoms with Gasteiger partial charge in [-0.25, -0.2) is 4.79 Å². The molecule has 0 fully saturated rings. The quantitative estimate of drug-likeness (QED) is 0.0958. The van der Waals surface area contributed by atoms with Crippen molar-refractivity contribution >= 4 is 36.4 Å². The normalized spacial score (nSPS) is 12.8. The highest BCUT2D eigenvalue weighted by Gasteiger charge is 2.25. The number of hydrogen-bond donors (Lipinski definition) is 7. The number of amides is 2. The van der Waals surface area contributed by atoms with E-state index in [1.807, 2.05) is 0 Å². The summed E-state index contributed by atoms with van der Waals surface area (Å²) in [6, 6.07) is -2.07. The van der Waals surface area contributed by atoms with Gasteiger partial charge in [0, 0.05) is 12.3 Å². The van der Waals surface area contributed by atoms with Gasteiger partial charge in [-0.3, -0.25) is 14.6 Å². The average Bonchev–Trinajstić information content (AvgIpc) is 2.46.